The van der Waals surface area contributed by atoms with Gasteiger partial charge in [-0.3, -0.25) is 8.97 Å². The van der Waals surface area contributed by atoms with E-state index in [1.165, 1.54) is 113 Å². The highest BCUT2D eigenvalue weighted by Gasteiger charge is 2.25. The minimum atomic E-state index is 0. The fourth-order valence-electron chi connectivity index (χ4n) is 5.36. The van der Waals surface area contributed by atoms with Crippen molar-refractivity contribution in [1.29, 1.82) is 0 Å². The molecular weight excluding hydrogens is 495 g/mol. The fraction of sp³-hybridized carbons (Fsp3) is 0.636. The van der Waals surface area contributed by atoms with Crippen molar-refractivity contribution in [3.63, 3.8) is 0 Å². The molecule has 0 aliphatic heterocycles. The van der Waals surface area contributed by atoms with E-state index >= 15 is 0 Å². The molecule has 2 aromatic carbocycles. The number of halogens is 2. The fourth-order valence-corrected chi connectivity index (χ4v) is 5.36. The van der Waals surface area contributed by atoms with Crippen LogP contribution in [0.1, 0.15) is 103 Å². The molecule has 0 heterocycles. The molecule has 212 valence electrons. The Labute approximate surface area is 242 Å². The molecule has 0 fully saturated rings. The van der Waals surface area contributed by atoms with Crippen molar-refractivity contribution < 1.29 is 24.8 Å². The van der Waals surface area contributed by atoms with Crippen LogP contribution in [-0.2, 0) is 6.42 Å². The predicted molar refractivity (Wildman–Crippen MR) is 159 cm³/mol. The summed E-state index contributed by atoms with van der Waals surface area (Å²) in [5.41, 5.74) is 5.79. The molecule has 0 radical (unpaired) electrons. The van der Waals surface area contributed by atoms with Crippen molar-refractivity contribution in [3.05, 3.63) is 59.7 Å². The molecule has 2 nitrogen and oxygen atoms in total. The third kappa shape index (κ3) is 11.7. The Morgan fingerprint density at radius 1 is 0.432 bits per heavy atom. The Kier molecular flexibility index (Phi) is 18.5. The molecule has 2 rings (SSSR count). The van der Waals surface area contributed by atoms with Gasteiger partial charge in [0.15, 0.2) is 0 Å². The second kappa shape index (κ2) is 19.1. The maximum atomic E-state index is 2.44. The van der Waals surface area contributed by atoms with Crippen LogP contribution >= 0.6 is 0 Å². The zero-order valence-electron chi connectivity index (χ0n) is 24.9. The number of rotatable bonds is 18. The molecule has 4 heteroatoms. The van der Waals surface area contributed by atoms with Gasteiger partial charge in [-0.15, -0.1) is 0 Å². The summed E-state index contributed by atoms with van der Waals surface area (Å²) >= 11 is 0. The maximum absolute atomic E-state index is 2.44. The van der Waals surface area contributed by atoms with E-state index < -0.39 is 0 Å². The van der Waals surface area contributed by atoms with E-state index in [9.17, 15) is 0 Å². The summed E-state index contributed by atoms with van der Waals surface area (Å²) in [5.74, 6) is 0. The number of nitrogens with zero attached hydrogens (tertiary/aromatic N) is 2. The number of benzene rings is 2. The van der Waals surface area contributed by atoms with E-state index in [1.807, 2.05) is 0 Å². The molecular formula is C33H56Cl2N2. The number of quaternary nitrogens is 2. The summed E-state index contributed by atoms with van der Waals surface area (Å²) in [6, 6.07) is 19.1. The summed E-state index contributed by atoms with van der Waals surface area (Å²) < 4.78 is 2.16. The monoisotopic (exact) mass is 550 g/mol. The molecule has 37 heavy (non-hydrogen) atoms. The van der Waals surface area contributed by atoms with Crippen LogP contribution in [0.25, 0.3) is 0 Å². The molecule has 0 amide bonds. The van der Waals surface area contributed by atoms with Crippen molar-refractivity contribution in [3.8, 4) is 0 Å². The lowest BCUT2D eigenvalue weighted by Crippen LogP contribution is -3.00. The quantitative estimate of drug-likeness (QED) is 0.197. The van der Waals surface area contributed by atoms with Gasteiger partial charge in [0, 0.05) is 0 Å². The van der Waals surface area contributed by atoms with Gasteiger partial charge in [-0.05, 0) is 80.3 Å². The average molecular weight is 552 g/mol. The summed E-state index contributed by atoms with van der Waals surface area (Å²) in [7, 11) is 4.88. The highest BCUT2D eigenvalue weighted by atomic mass is 35.5. The molecule has 2 atom stereocenters. The molecule has 0 spiro atoms. The smallest absolute Gasteiger partial charge is 0.132 e. The zero-order chi connectivity index (χ0) is 25.6. The molecule has 0 bridgehead atoms. The van der Waals surface area contributed by atoms with Gasteiger partial charge in [-0.1, -0.05) is 77.6 Å². The topological polar surface area (TPSA) is 0 Å². The lowest BCUT2D eigenvalue weighted by Gasteiger charge is -2.34. The van der Waals surface area contributed by atoms with Crippen LogP contribution in [0.15, 0.2) is 48.5 Å². The molecule has 0 aliphatic carbocycles. The van der Waals surface area contributed by atoms with Gasteiger partial charge < -0.3 is 24.8 Å². The van der Waals surface area contributed by atoms with Crippen LogP contribution in [0.2, 0.25) is 0 Å². The molecule has 0 saturated heterocycles. The van der Waals surface area contributed by atoms with Crippen molar-refractivity contribution in [1.82, 2.24) is 8.97 Å². The van der Waals surface area contributed by atoms with Crippen LogP contribution in [0.5, 0.6) is 0 Å². The number of hydrogen-bond donors (Lipinski definition) is 0. The first-order chi connectivity index (χ1) is 16.9. The van der Waals surface area contributed by atoms with E-state index in [0.29, 0.717) is 0 Å². The van der Waals surface area contributed by atoms with E-state index in [0.717, 1.165) is 15.4 Å². The molecule has 0 aromatic heterocycles. The van der Waals surface area contributed by atoms with Gasteiger partial charge in [0.2, 0.25) is 0 Å². The predicted octanol–water partition coefficient (Wildman–Crippen LogP) is 3.14. The van der Waals surface area contributed by atoms with Crippen LogP contribution in [0.4, 0.5) is 11.4 Å². The standard InChI is InChI=1S/C33H56N2.2ClH/c1-7-11-15-27-34(5,25-13-9-3)32-21-17-30(18-22-32)29-31-19-23-33(24-20-31)35(6,26-14-10-4)28-16-12-8-2;;/h17-24H,7-16,25-29H2,1-6H3;2*1H/q+2;;/p-2. The first kappa shape index (κ1) is 35.9. The van der Waals surface area contributed by atoms with Gasteiger partial charge in [0.25, 0.3) is 0 Å². The first-order valence-corrected chi connectivity index (χ1v) is 14.8. The molecule has 0 aliphatic rings. The Balaban J connectivity index is 0.00000648. The van der Waals surface area contributed by atoms with Crippen molar-refractivity contribution in [2.75, 3.05) is 40.3 Å². The van der Waals surface area contributed by atoms with Crippen LogP contribution in [0.3, 0.4) is 0 Å². The largest absolute Gasteiger partial charge is 1.00 e. The van der Waals surface area contributed by atoms with Gasteiger partial charge in [-0.2, -0.15) is 0 Å². The van der Waals surface area contributed by atoms with Crippen molar-refractivity contribution in [2.24, 2.45) is 0 Å². The van der Waals surface area contributed by atoms with Crippen LogP contribution in [-0.4, -0.2) is 40.3 Å². The third-order valence-corrected chi connectivity index (χ3v) is 8.05. The summed E-state index contributed by atoms with van der Waals surface area (Å²) in [4.78, 5) is 0. The minimum absolute atomic E-state index is 0. The second-order valence-corrected chi connectivity index (χ2v) is 11.3. The van der Waals surface area contributed by atoms with Crippen LogP contribution < -0.4 is 33.8 Å². The Bertz CT molecular complexity index is 752. The van der Waals surface area contributed by atoms with Gasteiger partial charge in [0.05, 0.1) is 40.3 Å². The van der Waals surface area contributed by atoms with Crippen molar-refractivity contribution >= 4 is 11.4 Å². The van der Waals surface area contributed by atoms with Gasteiger partial charge in [-0.25, -0.2) is 0 Å². The van der Waals surface area contributed by atoms with Gasteiger partial charge >= 0.3 is 0 Å². The number of unbranched alkanes of at least 4 members (excludes halogenated alkanes) is 6. The normalized spacial score (nSPS) is 14.2. The van der Waals surface area contributed by atoms with Crippen LogP contribution in [0, 0.1) is 0 Å². The average Bonchev–Trinajstić information content (AvgIpc) is 2.87. The van der Waals surface area contributed by atoms with E-state index in [2.05, 4.69) is 90.3 Å². The maximum Gasteiger partial charge on any atom is 0.132 e. The summed E-state index contributed by atoms with van der Waals surface area (Å²) in [6.07, 6.45) is 14.0. The molecule has 2 aromatic rings. The molecule has 0 N–H and O–H groups in total. The van der Waals surface area contributed by atoms with E-state index in [4.69, 9.17) is 0 Å². The lowest BCUT2D eigenvalue weighted by molar-refractivity contribution is -0.001000. The minimum Gasteiger partial charge on any atom is -1.00 e. The molecule has 2 unspecified atom stereocenters. The highest BCUT2D eigenvalue weighted by Crippen LogP contribution is 2.27. The second-order valence-electron chi connectivity index (χ2n) is 11.3. The summed E-state index contributed by atoms with van der Waals surface area (Å²) in [6.45, 7) is 14.2. The SMILES string of the molecule is CCCCC[N+](C)(CCCC)c1ccc(Cc2ccc([N+](C)(CCCC)CCCCC)cc2)cc1.[Cl-].[Cl-]. The Hall–Kier alpha value is -1.06. The zero-order valence-corrected chi connectivity index (χ0v) is 26.4. The van der Waals surface area contributed by atoms with E-state index in [1.54, 1.807) is 0 Å². The van der Waals surface area contributed by atoms with Gasteiger partial charge in [0.1, 0.15) is 11.4 Å². The Morgan fingerprint density at radius 2 is 0.730 bits per heavy atom. The lowest BCUT2D eigenvalue weighted by atomic mass is 10.0. The van der Waals surface area contributed by atoms with E-state index in [-0.39, 0.29) is 24.8 Å². The third-order valence-electron chi connectivity index (χ3n) is 8.05. The highest BCUT2D eigenvalue weighted by molar-refractivity contribution is 5.47. The molecule has 0 saturated carbocycles. The Morgan fingerprint density at radius 3 is 1.03 bits per heavy atom. The van der Waals surface area contributed by atoms with Crippen molar-refractivity contribution in [2.45, 2.75) is 98.3 Å². The first-order valence-electron chi connectivity index (χ1n) is 14.8. The summed E-state index contributed by atoms with van der Waals surface area (Å²) in [5, 5.41) is 0. The number of hydrogen-bond acceptors (Lipinski definition) is 0.